The molecule has 1 aliphatic heterocycles. The lowest BCUT2D eigenvalue weighted by Gasteiger charge is -2.38. The first kappa shape index (κ1) is 14.5. The van der Waals surface area contributed by atoms with Crippen molar-refractivity contribution < 1.29 is 9.66 Å². The molecule has 20 heavy (non-hydrogen) atoms. The van der Waals surface area contributed by atoms with Gasteiger partial charge in [-0.05, 0) is 20.8 Å². The molecular formula is C13H20N4O3. The summed E-state index contributed by atoms with van der Waals surface area (Å²) in [5.74, 6) is 1.15. The molecular weight excluding hydrogens is 260 g/mol. The average molecular weight is 280 g/mol. The number of nitro groups is 1. The van der Waals surface area contributed by atoms with Crippen molar-refractivity contribution in [2.75, 3.05) is 36.5 Å². The summed E-state index contributed by atoms with van der Waals surface area (Å²) in [4.78, 5) is 17.1. The third-order valence-electron chi connectivity index (χ3n) is 3.11. The fourth-order valence-corrected chi connectivity index (χ4v) is 2.25. The van der Waals surface area contributed by atoms with Crippen LogP contribution in [0.25, 0.3) is 0 Å². The van der Waals surface area contributed by atoms with E-state index in [1.807, 2.05) is 25.7 Å². The monoisotopic (exact) mass is 280 g/mol. The molecule has 0 unspecified atom stereocenters. The van der Waals surface area contributed by atoms with Crippen molar-refractivity contribution >= 4 is 17.3 Å². The van der Waals surface area contributed by atoms with Crippen LogP contribution in [0.15, 0.2) is 12.1 Å². The predicted octanol–water partition coefficient (Wildman–Crippen LogP) is 2.04. The van der Waals surface area contributed by atoms with Crippen molar-refractivity contribution in [1.82, 2.24) is 4.98 Å². The summed E-state index contributed by atoms with van der Waals surface area (Å²) in [6.45, 7) is 8.54. The molecule has 1 aromatic heterocycles. The second kappa shape index (κ2) is 5.62. The van der Waals surface area contributed by atoms with Crippen molar-refractivity contribution in [3.8, 4) is 0 Å². The van der Waals surface area contributed by atoms with Gasteiger partial charge in [-0.25, -0.2) is 4.98 Å². The lowest BCUT2D eigenvalue weighted by molar-refractivity contribution is -0.384. The van der Waals surface area contributed by atoms with Gasteiger partial charge in [0.1, 0.15) is 11.6 Å². The first-order chi connectivity index (χ1) is 9.41. The van der Waals surface area contributed by atoms with Gasteiger partial charge >= 0.3 is 0 Å². The van der Waals surface area contributed by atoms with Crippen LogP contribution in [-0.2, 0) is 4.74 Å². The minimum absolute atomic E-state index is 0.0512. The Kier molecular flexibility index (Phi) is 4.08. The topological polar surface area (TPSA) is 80.5 Å². The maximum atomic E-state index is 11.0. The van der Waals surface area contributed by atoms with Crippen LogP contribution >= 0.6 is 0 Å². The van der Waals surface area contributed by atoms with Crippen molar-refractivity contribution in [3.05, 3.63) is 22.2 Å². The Labute approximate surface area is 118 Å². The van der Waals surface area contributed by atoms with Gasteiger partial charge in [0.15, 0.2) is 0 Å². The molecule has 0 spiro atoms. The van der Waals surface area contributed by atoms with Gasteiger partial charge in [0.05, 0.1) is 29.3 Å². The van der Waals surface area contributed by atoms with E-state index in [1.165, 1.54) is 12.1 Å². The molecule has 1 aliphatic rings. The van der Waals surface area contributed by atoms with E-state index in [2.05, 4.69) is 10.3 Å². The van der Waals surface area contributed by atoms with Crippen LogP contribution in [0, 0.1) is 10.1 Å². The Morgan fingerprint density at radius 2 is 2.30 bits per heavy atom. The third kappa shape index (κ3) is 3.36. The normalized spacial score (nSPS) is 17.9. The number of morpholine rings is 1. The van der Waals surface area contributed by atoms with E-state index in [0.717, 1.165) is 0 Å². The largest absolute Gasteiger partial charge is 0.372 e. The van der Waals surface area contributed by atoms with Crippen LogP contribution < -0.4 is 10.2 Å². The Morgan fingerprint density at radius 3 is 2.90 bits per heavy atom. The zero-order valence-corrected chi connectivity index (χ0v) is 12.0. The fourth-order valence-electron chi connectivity index (χ4n) is 2.25. The summed E-state index contributed by atoms with van der Waals surface area (Å²) in [7, 11) is 0. The quantitative estimate of drug-likeness (QED) is 0.671. The lowest BCUT2D eigenvalue weighted by Crippen LogP contribution is -2.48. The van der Waals surface area contributed by atoms with Crippen LogP contribution in [0.3, 0.4) is 0 Å². The molecule has 110 valence electrons. The first-order valence-corrected chi connectivity index (χ1v) is 6.70. The highest BCUT2D eigenvalue weighted by Crippen LogP contribution is 2.27. The van der Waals surface area contributed by atoms with Gasteiger partial charge in [-0.3, -0.25) is 10.1 Å². The smallest absolute Gasteiger partial charge is 0.276 e. The van der Waals surface area contributed by atoms with E-state index in [9.17, 15) is 10.1 Å². The number of nitrogens with one attached hydrogen (secondary N) is 1. The molecule has 0 atom stereocenters. The second-order valence-corrected chi connectivity index (χ2v) is 5.39. The Balaban J connectivity index is 2.32. The zero-order valence-electron chi connectivity index (χ0n) is 12.0. The van der Waals surface area contributed by atoms with Gasteiger partial charge in [0, 0.05) is 19.6 Å². The molecule has 2 heterocycles. The van der Waals surface area contributed by atoms with Crippen LogP contribution in [-0.4, -0.2) is 41.7 Å². The number of hydrogen-bond donors (Lipinski definition) is 1. The van der Waals surface area contributed by atoms with E-state index in [-0.39, 0.29) is 11.3 Å². The molecule has 1 saturated heterocycles. The number of rotatable bonds is 4. The number of nitrogens with zero attached hydrogens (tertiary/aromatic N) is 3. The van der Waals surface area contributed by atoms with E-state index in [4.69, 9.17) is 4.74 Å². The van der Waals surface area contributed by atoms with E-state index in [0.29, 0.717) is 37.9 Å². The van der Waals surface area contributed by atoms with Gasteiger partial charge in [0.2, 0.25) is 0 Å². The molecule has 0 amide bonds. The molecule has 2 rings (SSSR count). The van der Waals surface area contributed by atoms with Gasteiger partial charge < -0.3 is 15.0 Å². The Hall–Kier alpha value is -1.89. The van der Waals surface area contributed by atoms with E-state index >= 15 is 0 Å². The van der Waals surface area contributed by atoms with Crippen LogP contribution in [0.2, 0.25) is 0 Å². The highest BCUT2D eigenvalue weighted by atomic mass is 16.6. The van der Waals surface area contributed by atoms with Crippen molar-refractivity contribution in [3.63, 3.8) is 0 Å². The number of anilines is 2. The highest BCUT2D eigenvalue weighted by molar-refractivity contribution is 5.56. The van der Waals surface area contributed by atoms with Crippen LogP contribution in [0.4, 0.5) is 17.3 Å². The number of pyridine rings is 1. The molecule has 0 saturated carbocycles. The maximum absolute atomic E-state index is 11.0. The summed E-state index contributed by atoms with van der Waals surface area (Å²) in [6, 6.07) is 2.97. The van der Waals surface area contributed by atoms with E-state index < -0.39 is 4.92 Å². The molecule has 1 aromatic rings. The Morgan fingerprint density at radius 1 is 1.55 bits per heavy atom. The van der Waals surface area contributed by atoms with Crippen molar-refractivity contribution in [2.45, 2.75) is 26.4 Å². The van der Waals surface area contributed by atoms with E-state index in [1.54, 1.807) is 0 Å². The molecule has 1 N–H and O–H groups in total. The minimum Gasteiger partial charge on any atom is -0.372 e. The molecule has 0 aromatic carbocycles. The minimum atomic E-state index is -0.391. The highest BCUT2D eigenvalue weighted by Gasteiger charge is 2.29. The summed E-state index contributed by atoms with van der Waals surface area (Å²) in [6.07, 6.45) is 0. The van der Waals surface area contributed by atoms with Crippen molar-refractivity contribution in [2.24, 2.45) is 0 Å². The molecule has 7 nitrogen and oxygen atoms in total. The summed E-state index contributed by atoms with van der Waals surface area (Å²) < 4.78 is 5.65. The number of aromatic nitrogens is 1. The summed E-state index contributed by atoms with van der Waals surface area (Å²) in [5, 5.41) is 14.1. The zero-order chi connectivity index (χ0) is 14.8. The maximum Gasteiger partial charge on any atom is 0.276 e. The lowest BCUT2D eigenvalue weighted by atomic mass is 10.1. The number of hydrogen-bond acceptors (Lipinski definition) is 6. The predicted molar refractivity (Wildman–Crippen MR) is 77.3 cm³/mol. The molecule has 1 fully saturated rings. The second-order valence-electron chi connectivity index (χ2n) is 5.39. The van der Waals surface area contributed by atoms with Gasteiger partial charge in [-0.1, -0.05) is 0 Å². The van der Waals surface area contributed by atoms with Crippen molar-refractivity contribution in [1.29, 1.82) is 0 Å². The van der Waals surface area contributed by atoms with Gasteiger partial charge in [-0.15, -0.1) is 0 Å². The SMILES string of the molecule is CCNc1cc([N+](=O)[O-])cc(N2CCOC(C)(C)C2)n1. The summed E-state index contributed by atoms with van der Waals surface area (Å²) >= 11 is 0. The van der Waals surface area contributed by atoms with Crippen LogP contribution in [0.5, 0.6) is 0 Å². The van der Waals surface area contributed by atoms with Gasteiger partial charge in [0.25, 0.3) is 5.69 Å². The molecule has 0 aliphatic carbocycles. The summed E-state index contributed by atoms with van der Waals surface area (Å²) in [5.41, 5.74) is -0.224. The number of ether oxygens (including phenoxy) is 1. The standard InChI is InChI=1S/C13H20N4O3/c1-4-14-11-7-10(17(18)19)8-12(15-11)16-5-6-20-13(2,3)9-16/h7-8H,4-6,9H2,1-3H3,(H,14,15). The fraction of sp³-hybridized carbons (Fsp3) is 0.615. The Bertz CT molecular complexity index is 504. The van der Waals surface area contributed by atoms with Gasteiger partial charge in [-0.2, -0.15) is 0 Å². The molecule has 0 radical (unpaired) electrons. The molecule has 7 heteroatoms. The third-order valence-corrected chi connectivity index (χ3v) is 3.11. The van der Waals surface area contributed by atoms with Crippen LogP contribution in [0.1, 0.15) is 20.8 Å². The molecule has 0 bridgehead atoms. The average Bonchev–Trinajstić information content (AvgIpc) is 2.37. The first-order valence-electron chi connectivity index (χ1n) is 6.70.